The van der Waals surface area contributed by atoms with Gasteiger partial charge in [0.1, 0.15) is 5.56 Å². The number of halogens is 1. The molecule has 0 spiro atoms. The Labute approximate surface area is 94.2 Å². The van der Waals surface area contributed by atoms with Crippen LogP contribution >= 0.6 is 12.4 Å². The van der Waals surface area contributed by atoms with Crippen molar-refractivity contribution in [2.45, 2.75) is 0 Å². The summed E-state index contributed by atoms with van der Waals surface area (Å²) in [6.07, 6.45) is 0. The van der Waals surface area contributed by atoms with Crippen molar-refractivity contribution in [3.63, 3.8) is 0 Å². The molecule has 9 heteroatoms. The summed E-state index contributed by atoms with van der Waals surface area (Å²) < 4.78 is 0. The Kier molecular flexibility index (Phi) is 4.33. The zero-order valence-electron chi connectivity index (χ0n) is 7.52. The molecule has 0 saturated heterocycles. The van der Waals surface area contributed by atoms with Crippen molar-refractivity contribution in [3.05, 3.63) is 44.0 Å². The van der Waals surface area contributed by atoms with Gasteiger partial charge in [0.05, 0.1) is 9.85 Å². The van der Waals surface area contributed by atoms with E-state index in [9.17, 15) is 25.0 Å². The number of nitrogens with zero attached hydrogens (tertiary/aromatic N) is 2. The molecule has 0 atom stereocenters. The van der Waals surface area contributed by atoms with Crippen LogP contribution in [0.25, 0.3) is 0 Å². The van der Waals surface area contributed by atoms with E-state index in [1.54, 1.807) is 0 Å². The first-order valence-corrected chi connectivity index (χ1v) is 3.60. The molecule has 0 fully saturated rings. The molecule has 1 N–H and O–H groups in total. The summed E-state index contributed by atoms with van der Waals surface area (Å²) in [6, 6.07) is 2.90. The fraction of sp³-hybridized carbons (Fsp3) is 0. The molecule has 16 heavy (non-hydrogen) atoms. The third kappa shape index (κ3) is 2.42. The summed E-state index contributed by atoms with van der Waals surface area (Å²) in [5, 5.41) is 29.5. The first-order valence-electron chi connectivity index (χ1n) is 3.60. The van der Waals surface area contributed by atoms with Crippen LogP contribution in [0.2, 0.25) is 0 Å². The Hall–Kier alpha value is -2.22. The molecule has 0 saturated carbocycles. The summed E-state index contributed by atoms with van der Waals surface area (Å²) in [5.74, 6) is -1.58. The van der Waals surface area contributed by atoms with Crippen LogP contribution in [0, 0.1) is 20.2 Å². The number of nitro groups is 2. The molecule has 0 aliphatic heterocycles. The average Bonchev–Trinajstić information content (AvgIpc) is 2.16. The first kappa shape index (κ1) is 13.8. The fourth-order valence-electron chi connectivity index (χ4n) is 1.04. The summed E-state index contributed by atoms with van der Waals surface area (Å²) in [4.78, 5) is 29.4. The van der Waals surface area contributed by atoms with E-state index in [1.165, 1.54) is 0 Å². The van der Waals surface area contributed by atoms with Crippen molar-refractivity contribution in [2.75, 3.05) is 0 Å². The van der Waals surface area contributed by atoms with Crippen molar-refractivity contribution >= 4 is 29.8 Å². The molecular weight excluding hydrogens is 244 g/mol. The standard InChI is InChI=1S/C7H4N2O6.ClH/c10-7(11)4-2-1-3-5(8(12)13)6(4)9(14)15;/h1-3H,(H,10,11);1H. The predicted molar refractivity (Wildman–Crippen MR) is 54.0 cm³/mol. The van der Waals surface area contributed by atoms with E-state index in [0.29, 0.717) is 0 Å². The van der Waals surface area contributed by atoms with Gasteiger partial charge in [-0.25, -0.2) is 4.79 Å². The van der Waals surface area contributed by atoms with Crippen molar-refractivity contribution in [3.8, 4) is 0 Å². The number of hydrogen-bond donors (Lipinski definition) is 1. The minimum Gasteiger partial charge on any atom is -0.477 e. The fourth-order valence-corrected chi connectivity index (χ4v) is 1.04. The van der Waals surface area contributed by atoms with Crippen LogP contribution in [-0.4, -0.2) is 20.9 Å². The summed E-state index contributed by atoms with van der Waals surface area (Å²) >= 11 is 0. The van der Waals surface area contributed by atoms with Gasteiger partial charge in [-0.3, -0.25) is 20.2 Å². The molecule has 0 bridgehead atoms. The van der Waals surface area contributed by atoms with Crippen molar-refractivity contribution in [2.24, 2.45) is 0 Å². The normalized spacial score (nSPS) is 9.00. The van der Waals surface area contributed by atoms with Gasteiger partial charge in [-0.15, -0.1) is 12.4 Å². The molecule has 1 aromatic carbocycles. The summed E-state index contributed by atoms with van der Waals surface area (Å²) in [7, 11) is 0. The van der Waals surface area contributed by atoms with Gasteiger partial charge in [0.15, 0.2) is 0 Å². The second kappa shape index (κ2) is 5.03. The lowest BCUT2D eigenvalue weighted by atomic mass is 10.1. The topological polar surface area (TPSA) is 124 Å². The number of carbonyl (C=O) groups is 1. The van der Waals surface area contributed by atoms with E-state index >= 15 is 0 Å². The minimum absolute atomic E-state index is 0. The third-order valence-electron chi connectivity index (χ3n) is 1.62. The zero-order valence-corrected chi connectivity index (χ0v) is 8.34. The number of para-hydroxylation sites is 1. The maximum Gasteiger partial charge on any atom is 0.360 e. The van der Waals surface area contributed by atoms with E-state index in [4.69, 9.17) is 5.11 Å². The number of carboxylic acid groups (broad SMARTS) is 1. The molecule has 0 aliphatic carbocycles. The Balaban J connectivity index is 0.00000225. The van der Waals surface area contributed by atoms with E-state index in [-0.39, 0.29) is 12.4 Å². The van der Waals surface area contributed by atoms with Crippen molar-refractivity contribution in [1.82, 2.24) is 0 Å². The Bertz CT molecular complexity index is 428. The highest BCUT2D eigenvalue weighted by Gasteiger charge is 2.31. The quantitative estimate of drug-likeness (QED) is 0.640. The highest BCUT2D eigenvalue weighted by molar-refractivity contribution is 5.94. The molecule has 8 nitrogen and oxygen atoms in total. The lowest BCUT2D eigenvalue weighted by Crippen LogP contribution is -2.05. The zero-order chi connectivity index (χ0) is 11.6. The van der Waals surface area contributed by atoms with Crippen LogP contribution < -0.4 is 0 Å². The van der Waals surface area contributed by atoms with E-state index in [0.717, 1.165) is 18.2 Å². The van der Waals surface area contributed by atoms with Crippen LogP contribution in [0.1, 0.15) is 10.4 Å². The number of hydrogen-bond acceptors (Lipinski definition) is 5. The Morgan fingerprint density at radius 3 is 2.12 bits per heavy atom. The molecule has 0 radical (unpaired) electrons. The first-order chi connectivity index (χ1) is 6.95. The molecule has 1 aromatic rings. The number of rotatable bonds is 3. The minimum atomic E-state index is -1.58. The van der Waals surface area contributed by atoms with Crippen LogP contribution in [0.4, 0.5) is 11.4 Å². The smallest absolute Gasteiger partial charge is 0.360 e. The Morgan fingerprint density at radius 2 is 1.75 bits per heavy atom. The molecule has 0 aliphatic rings. The van der Waals surface area contributed by atoms with Crippen molar-refractivity contribution < 1.29 is 19.7 Å². The van der Waals surface area contributed by atoms with E-state index in [2.05, 4.69) is 0 Å². The van der Waals surface area contributed by atoms with Gasteiger partial charge in [0, 0.05) is 6.07 Å². The molecule has 0 aromatic heterocycles. The third-order valence-corrected chi connectivity index (χ3v) is 1.62. The van der Waals surface area contributed by atoms with Gasteiger partial charge >= 0.3 is 17.3 Å². The van der Waals surface area contributed by atoms with Gasteiger partial charge in [0.25, 0.3) is 0 Å². The van der Waals surface area contributed by atoms with Gasteiger partial charge in [-0.1, -0.05) is 6.07 Å². The molecule has 0 unspecified atom stereocenters. The van der Waals surface area contributed by atoms with Crippen molar-refractivity contribution in [1.29, 1.82) is 0 Å². The van der Waals surface area contributed by atoms with Gasteiger partial charge in [-0.2, -0.15) is 0 Å². The van der Waals surface area contributed by atoms with Gasteiger partial charge < -0.3 is 5.11 Å². The molecule has 1 rings (SSSR count). The van der Waals surface area contributed by atoms with E-state index in [1.807, 2.05) is 0 Å². The largest absolute Gasteiger partial charge is 0.477 e. The molecule has 0 amide bonds. The average molecular weight is 249 g/mol. The molecule has 0 heterocycles. The SMILES string of the molecule is Cl.O=C(O)c1cccc([N+](=O)[O-])c1[N+](=O)[O-]. The van der Waals surface area contributed by atoms with Gasteiger partial charge in [0.2, 0.25) is 0 Å². The second-order valence-electron chi connectivity index (χ2n) is 2.49. The van der Waals surface area contributed by atoms with E-state index < -0.39 is 32.8 Å². The maximum absolute atomic E-state index is 10.6. The van der Waals surface area contributed by atoms with Crippen LogP contribution in [-0.2, 0) is 0 Å². The number of benzene rings is 1. The highest BCUT2D eigenvalue weighted by Crippen LogP contribution is 2.30. The molecule has 86 valence electrons. The lowest BCUT2D eigenvalue weighted by molar-refractivity contribution is -0.422. The lowest BCUT2D eigenvalue weighted by Gasteiger charge is -1.97. The summed E-state index contributed by atoms with van der Waals surface area (Å²) in [5.41, 5.74) is -2.54. The second-order valence-corrected chi connectivity index (χ2v) is 2.49. The highest BCUT2D eigenvalue weighted by atomic mass is 35.5. The predicted octanol–water partition coefficient (Wildman–Crippen LogP) is 1.62. The maximum atomic E-state index is 10.6. The van der Waals surface area contributed by atoms with Crippen LogP contribution in [0.3, 0.4) is 0 Å². The number of nitro benzene ring substituents is 2. The summed E-state index contributed by atoms with van der Waals surface area (Å²) in [6.45, 7) is 0. The molecular formula is C7H5ClN2O6. The number of carboxylic acids is 1. The number of aromatic carboxylic acids is 1. The van der Waals surface area contributed by atoms with Gasteiger partial charge in [-0.05, 0) is 6.07 Å². The Morgan fingerprint density at radius 1 is 1.19 bits per heavy atom. The van der Waals surface area contributed by atoms with Crippen LogP contribution in [0.15, 0.2) is 18.2 Å². The monoisotopic (exact) mass is 248 g/mol. The van der Waals surface area contributed by atoms with Crippen LogP contribution in [0.5, 0.6) is 0 Å².